The van der Waals surface area contributed by atoms with Crippen LogP contribution >= 0.6 is 0 Å². The van der Waals surface area contributed by atoms with Gasteiger partial charge in [-0.1, -0.05) is 12.1 Å². The van der Waals surface area contributed by atoms with Crippen molar-refractivity contribution in [1.29, 1.82) is 0 Å². The Bertz CT molecular complexity index is 725. The highest BCUT2D eigenvalue weighted by Crippen LogP contribution is 2.31. The summed E-state index contributed by atoms with van der Waals surface area (Å²) in [5, 5.41) is 0.912. The van der Waals surface area contributed by atoms with Gasteiger partial charge in [-0.05, 0) is 12.1 Å². The van der Waals surface area contributed by atoms with Crippen molar-refractivity contribution in [3.05, 3.63) is 41.6 Å². The molecule has 2 heterocycles. The molecule has 2 aromatic rings. The molecule has 1 aliphatic rings. The summed E-state index contributed by atoms with van der Waals surface area (Å²) in [6.45, 7) is 0. The molecule has 4 heteroatoms. The number of pyridine rings is 1. The molecule has 1 aliphatic heterocycles. The normalized spacial score (nSPS) is 13.6. The average Bonchev–Trinajstić information content (AvgIpc) is 2.39. The van der Waals surface area contributed by atoms with Crippen LogP contribution in [0.5, 0.6) is 0 Å². The van der Waals surface area contributed by atoms with Crippen molar-refractivity contribution in [2.75, 3.05) is 0 Å². The molecule has 0 amide bonds. The van der Waals surface area contributed by atoms with Crippen LogP contribution in [0.25, 0.3) is 10.9 Å². The fourth-order valence-electron chi connectivity index (χ4n) is 1.85. The van der Waals surface area contributed by atoms with Crippen LogP contribution in [0, 0.1) is 0 Å². The number of aliphatic imine (C=N–C) groups is 1. The van der Waals surface area contributed by atoms with Crippen LogP contribution in [-0.2, 0) is 4.79 Å². The largest absolute Gasteiger partial charge is 0.288 e. The first-order valence-corrected chi connectivity index (χ1v) is 5.03. The Balaban J connectivity index is 2.41. The summed E-state index contributed by atoms with van der Waals surface area (Å²) in [6, 6.07) is 7.17. The van der Waals surface area contributed by atoms with E-state index in [9.17, 15) is 9.59 Å². The summed E-state index contributed by atoms with van der Waals surface area (Å²) < 4.78 is 0. The second-order valence-electron chi connectivity index (χ2n) is 3.64. The Labute approximate surface area is 96.3 Å². The molecule has 0 N–H and O–H groups in total. The zero-order valence-electron chi connectivity index (χ0n) is 8.68. The van der Waals surface area contributed by atoms with Gasteiger partial charge in [0.2, 0.25) is 5.78 Å². The molecule has 0 fully saturated rings. The molecular weight excluding hydrogens is 216 g/mol. The summed E-state index contributed by atoms with van der Waals surface area (Å²) in [7, 11) is 0. The molecular formula is C13H6N2O2. The Morgan fingerprint density at radius 2 is 2.06 bits per heavy atom. The van der Waals surface area contributed by atoms with Gasteiger partial charge in [-0.25, -0.2) is 4.79 Å². The lowest BCUT2D eigenvalue weighted by molar-refractivity contribution is 0.104. The van der Waals surface area contributed by atoms with Gasteiger partial charge in [0.25, 0.3) is 0 Å². The summed E-state index contributed by atoms with van der Waals surface area (Å²) in [6.07, 6.45) is 2.89. The van der Waals surface area contributed by atoms with Crippen molar-refractivity contribution in [3.8, 4) is 0 Å². The number of aromatic nitrogens is 1. The van der Waals surface area contributed by atoms with E-state index in [4.69, 9.17) is 0 Å². The number of ketones is 1. The van der Waals surface area contributed by atoms with Gasteiger partial charge in [0.1, 0.15) is 17.2 Å². The number of carbonyl (C=O) groups is 1. The number of Topliss-reactive ketones (excluding diaryl/α,β-unsaturated/α-hetero) is 1. The second-order valence-corrected chi connectivity index (χ2v) is 3.64. The maximum Gasteiger partial charge on any atom is 0.207 e. The fourth-order valence-corrected chi connectivity index (χ4v) is 1.85. The second kappa shape index (κ2) is 3.47. The summed E-state index contributed by atoms with van der Waals surface area (Å²) >= 11 is 0. The molecule has 80 valence electrons. The predicted octanol–water partition coefficient (Wildman–Crippen LogP) is 1.89. The minimum atomic E-state index is -0.349. The molecule has 0 saturated heterocycles. The molecule has 1 aromatic carbocycles. The molecule has 1 aromatic heterocycles. The Hall–Kier alpha value is -2.58. The van der Waals surface area contributed by atoms with E-state index in [1.165, 1.54) is 6.21 Å². The van der Waals surface area contributed by atoms with Crippen LogP contribution in [0.2, 0.25) is 0 Å². The Morgan fingerprint density at radius 3 is 2.88 bits per heavy atom. The van der Waals surface area contributed by atoms with Gasteiger partial charge in [-0.3, -0.25) is 14.8 Å². The number of benzene rings is 1. The van der Waals surface area contributed by atoms with Gasteiger partial charge in [-0.15, -0.1) is 0 Å². The summed E-state index contributed by atoms with van der Waals surface area (Å²) in [5.41, 5.74) is 1.54. The summed E-state index contributed by atoms with van der Waals surface area (Å²) in [5.74, 6) is 1.24. The molecule has 0 aliphatic carbocycles. The van der Waals surface area contributed by atoms with Crippen LogP contribution in [-0.4, -0.2) is 22.9 Å². The van der Waals surface area contributed by atoms with Gasteiger partial charge < -0.3 is 0 Å². The van der Waals surface area contributed by atoms with Gasteiger partial charge >= 0.3 is 0 Å². The van der Waals surface area contributed by atoms with Crippen molar-refractivity contribution in [2.45, 2.75) is 0 Å². The first kappa shape index (κ1) is 9.63. The maximum absolute atomic E-state index is 11.9. The molecule has 0 spiro atoms. The van der Waals surface area contributed by atoms with Gasteiger partial charge in [0, 0.05) is 17.8 Å². The number of fused-ring (bicyclic) bond motifs is 3. The molecule has 0 radical (unpaired) electrons. The molecule has 0 atom stereocenters. The topological polar surface area (TPSA) is 59.4 Å². The van der Waals surface area contributed by atoms with Crippen LogP contribution in [0.4, 0.5) is 5.69 Å². The zero-order valence-corrected chi connectivity index (χ0v) is 8.68. The number of allylic oxidation sites excluding steroid dienone is 1. The third-order valence-electron chi connectivity index (χ3n) is 2.67. The Kier molecular flexibility index (Phi) is 1.97. The third kappa shape index (κ3) is 1.32. The van der Waals surface area contributed by atoms with E-state index in [0.29, 0.717) is 16.8 Å². The van der Waals surface area contributed by atoms with Crippen LogP contribution < -0.4 is 0 Å². The van der Waals surface area contributed by atoms with Gasteiger partial charge in [-0.2, -0.15) is 0 Å². The lowest BCUT2D eigenvalue weighted by Gasteiger charge is -2.10. The monoisotopic (exact) mass is 222 g/mol. The average molecular weight is 222 g/mol. The lowest BCUT2D eigenvalue weighted by atomic mass is 9.98. The van der Waals surface area contributed by atoms with Crippen LogP contribution in [0.15, 0.2) is 41.0 Å². The molecule has 4 nitrogen and oxygen atoms in total. The smallest absolute Gasteiger partial charge is 0.207 e. The molecule has 3 rings (SSSR count). The first-order chi connectivity index (χ1) is 8.31. The number of rotatable bonds is 0. The van der Waals surface area contributed by atoms with E-state index in [0.717, 1.165) is 5.39 Å². The van der Waals surface area contributed by atoms with E-state index < -0.39 is 0 Å². The van der Waals surface area contributed by atoms with Crippen molar-refractivity contribution in [1.82, 2.24) is 4.98 Å². The van der Waals surface area contributed by atoms with E-state index in [-0.39, 0.29) is 11.4 Å². The quantitative estimate of drug-likeness (QED) is 0.505. The SMILES string of the molecule is O=C=C1C=Nc2c(ccc3cccnc23)C1=O. The summed E-state index contributed by atoms with van der Waals surface area (Å²) in [4.78, 5) is 30.7. The highest BCUT2D eigenvalue weighted by atomic mass is 16.1. The number of nitrogens with zero attached hydrogens (tertiary/aromatic N) is 2. The standard InChI is InChI=1S/C13H6N2O2/c16-7-9-6-15-12-10(13(9)17)4-3-8-2-1-5-14-11(8)12/h1-6H. The van der Waals surface area contributed by atoms with Crippen molar-refractivity contribution in [3.63, 3.8) is 0 Å². The number of hydrogen-bond donors (Lipinski definition) is 0. The van der Waals surface area contributed by atoms with Crippen molar-refractivity contribution < 1.29 is 9.59 Å². The molecule has 0 unspecified atom stereocenters. The maximum atomic E-state index is 11.9. The highest BCUT2D eigenvalue weighted by molar-refractivity contribution is 6.31. The zero-order chi connectivity index (χ0) is 11.8. The van der Waals surface area contributed by atoms with Crippen LogP contribution in [0.1, 0.15) is 10.4 Å². The van der Waals surface area contributed by atoms with Crippen LogP contribution in [0.3, 0.4) is 0 Å². The van der Waals surface area contributed by atoms with E-state index >= 15 is 0 Å². The lowest BCUT2D eigenvalue weighted by Crippen LogP contribution is -2.10. The van der Waals surface area contributed by atoms with E-state index in [1.807, 2.05) is 12.1 Å². The fraction of sp³-hybridized carbons (Fsp3) is 0. The predicted molar refractivity (Wildman–Crippen MR) is 63.4 cm³/mol. The van der Waals surface area contributed by atoms with Crippen molar-refractivity contribution >= 4 is 34.5 Å². The van der Waals surface area contributed by atoms with Gasteiger partial charge in [0.05, 0.1) is 11.1 Å². The molecule has 17 heavy (non-hydrogen) atoms. The van der Waals surface area contributed by atoms with E-state index in [2.05, 4.69) is 9.98 Å². The minimum absolute atomic E-state index is 0.0484. The van der Waals surface area contributed by atoms with E-state index in [1.54, 1.807) is 24.3 Å². The number of carbonyl (C=O) groups excluding carboxylic acids is 2. The van der Waals surface area contributed by atoms with Crippen molar-refractivity contribution in [2.24, 2.45) is 4.99 Å². The molecule has 0 bridgehead atoms. The first-order valence-electron chi connectivity index (χ1n) is 5.03. The number of hydrogen-bond acceptors (Lipinski definition) is 4. The highest BCUT2D eigenvalue weighted by Gasteiger charge is 2.22. The third-order valence-corrected chi connectivity index (χ3v) is 2.67. The minimum Gasteiger partial charge on any atom is -0.288 e. The Morgan fingerprint density at radius 1 is 1.18 bits per heavy atom. The molecule has 0 saturated carbocycles. The van der Waals surface area contributed by atoms with Gasteiger partial charge in [0.15, 0.2) is 0 Å².